The second-order valence-corrected chi connectivity index (χ2v) is 3.97. The molecule has 2 aromatic rings. The monoisotopic (exact) mass is 263 g/mol. The lowest BCUT2D eigenvalue weighted by Crippen LogP contribution is -2.15. The molecule has 0 saturated carbocycles. The minimum absolute atomic E-state index is 0.0664. The van der Waals surface area contributed by atoms with E-state index in [0.717, 1.165) is 0 Å². The largest absolute Gasteiger partial charge is 0.508 e. The lowest BCUT2D eigenvalue weighted by atomic mass is 10.1. The molecule has 0 fully saturated rings. The van der Waals surface area contributed by atoms with Crippen LogP contribution in [0.5, 0.6) is 5.75 Å². The number of rotatable bonds is 3. The Kier molecular flexibility index (Phi) is 3.74. The van der Waals surface area contributed by atoms with Crippen LogP contribution in [0.15, 0.2) is 36.7 Å². The molecule has 1 amide bonds. The van der Waals surface area contributed by atoms with Crippen molar-refractivity contribution in [1.29, 1.82) is 0 Å². The number of phenolic OH excluding ortho intramolecular Hbond substituents is 1. The predicted octanol–water partition coefficient (Wildman–Crippen LogP) is 2.02. The average Bonchev–Trinajstić information content (AvgIpc) is 2.35. The Morgan fingerprint density at radius 1 is 1.28 bits per heavy atom. The highest BCUT2D eigenvalue weighted by molar-refractivity contribution is 6.29. The molecule has 0 unspecified atom stereocenters. The molecule has 0 bridgehead atoms. The number of benzene rings is 1. The topological polar surface area (TPSA) is 75.1 Å². The van der Waals surface area contributed by atoms with E-state index in [4.69, 9.17) is 11.6 Å². The third kappa shape index (κ3) is 3.18. The van der Waals surface area contributed by atoms with E-state index in [2.05, 4.69) is 15.3 Å². The highest BCUT2D eigenvalue weighted by Crippen LogP contribution is 2.16. The van der Waals surface area contributed by atoms with Gasteiger partial charge in [0.25, 0.3) is 0 Å². The summed E-state index contributed by atoms with van der Waals surface area (Å²) in [6.45, 7) is 0. The first-order valence-electron chi connectivity index (χ1n) is 5.19. The summed E-state index contributed by atoms with van der Waals surface area (Å²) in [5.41, 5.74) is 0.553. The van der Waals surface area contributed by atoms with Gasteiger partial charge in [-0.1, -0.05) is 29.8 Å². The number of aromatic nitrogens is 2. The first kappa shape index (κ1) is 12.3. The Morgan fingerprint density at radius 2 is 2.06 bits per heavy atom. The third-order valence-corrected chi connectivity index (χ3v) is 2.43. The van der Waals surface area contributed by atoms with E-state index in [1.165, 1.54) is 18.5 Å². The van der Waals surface area contributed by atoms with E-state index in [1.807, 2.05) is 0 Å². The number of para-hydroxylation sites is 1. The Morgan fingerprint density at radius 3 is 2.72 bits per heavy atom. The van der Waals surface area contributed by atoms with E-state index >= 15 is 0 Å². The van der Waals surface area contributed by atoms with E-state index < -0.39 is 0 Å². The molecule has 0 radical (unpaired) electrons. The number of carbonyl (C=O) groups is 1. The molecule has 0 aliphatic carbocycles. The second kappa shape index (κ2) is 5.46. The summed E-state index contributed by atoms with van der Waals surface area (Å²) in [6, 6.07) is 6.67. The van der Waals surface area contributed by atoms with Gasteiger partial charge in [-0.15, -0.1) is 0 Å². The summed E-state index contributed by atoms with van der Waals surface area (Å²) in [4.78, 5) is 19.4. The van der Waals surface area contributed by atoms with E-state index in [9.17, 15) is 9.90 Å². The SMILES string of the molecule is O=C(Cc1ccccc1O)Nc1cnc(Cl)cn1. The first-order chi connectivity index (χ1) is 8.65. The Labute approximate surface area is 108 Å². The number of hydrogen-bond donors (Lipinski definition) is 2. The van der Waals surface area contributed by atoms with Crippen LogP contribution < -0.4 is 5.32 Å². The molecule has 0 spiro atoms. The molecule has 0 aliphatic heterocycles. The number of hydrogen-bond acceptors (Lipinski definition) is 4. The number of aromatic hydroxyl groups is 1. The standard InChI is InChI=1S/C12H10ClN3O2/c13-10-6-15-11(7-14-10)16-12(18)5-8-3-1-2-4-9(8)17/h1-4,6-7,17H,5H2,(H,15,16,18). The number of carbonyl (C=O) groups excluding carboxylic acids is 1. The van der Waals surface area contributed by atoms with Gasteiger partial charge in [0, 0.05) is 5.56 Å². The van der Waals surface area contributed by atoms with Gasteiger partial charge in [0.2, 0.25) is 5.91 Å². The Bertz CT molecular complexity index is 558. The molecule has 5 nitrogen and oxygen atoms in total. The molecule has 0 aliphatic rings. The molecule has 0 atom stereocenters. The molecule has 0 saturated heterocycles. The minimum Gasteiger partial charge on any atom is -0.508 e. The second-order valence-electron chi connectivity index (χ2n) is 3.58. The zero-order valence-corrected chi connectivity index (χ0v) is 10.1. The number of halogens is 1. The molecule has 6 heteroatoms. The smallest absolute Gasteiger partial charge is 0.230 e. The fourth-order valence-corrected chi connectivity index (χ4v) is 1.49. The van der Waals surface area contributed by atoms with E-state index in [-0.39, 0.29) is 23.2 Å². The lowest BCUT2D eigenvalue weighted by Gasteiger charge is -2.05. The van der Waals surface area contributed by atoms with Crippen molar-refractivity contribution in [3.63, 3.8) is 0 Å². The lowest BCUT2D eigenvalue weighted by molar-refractivity contribution is -0.115. The first-order valence-corrected chi connectivity index (χ1v) is 5.57. The molecule has 1 aromatic carbocycles. The van der Waals surface area contributed by atoms with Crippen LogP contribution in [0.2, 0.25) is 5.15 Å². The molecule has 2 rings (SSSR count). The van der Waals surface area contributed by atoms with Gasteiger partial charge in [-0.3, -0.25) is 4.79 Å². The van der Waals surface area contributed by atoms with Crippen molar-refractivity contribution >= 4 is 23.3 Å². The fourth-order valence-electron chi connectivity index (χ4n) is 1.40. The van der Waals surface area contributed by atoms with Crippen molar-refractivity contribution in [3.05, 3.63) is 47.4 Å². The van der Waals surface area contributed by atoms with Crippen molar-refractivity contribution in [2.45, 2.75) is 6.42 Å². The molecule has 1 aromatic heterocycles. The summed E-state index contributed by atoms with van der Waals surface area (Å²) in [6.07, 6.45) is 2.78. The molecule has 1 heterocycles. The predicted molar refractivity (Wildman–Crippen MR) is 67.5 cm³/mol. The number of anilines is 1. The highest BCUT2D eigenvalue weighted by atomic mass is 35.5. The van der Waals surface area contributed by atoms with Gasteiger partial charge >= 0.3 is 0 Å². The average molecular weight is 264 g/mol. The number of nitrogens with one attached hydrogen (secondary N) is 1. The van der Waals surface area contributed by atoms with Crippen LogP contribution in [0, 0.1) is 0 Å². The molecular weight excluding hydrogens is 254 g/mol. The third-order valence-electron chi connectivity index (χ3n) is 2.23. The van der Waals surface area contributed by atoms with E-state index in [0.29, 0.717) is 11.4 Å². The Balaban J connectivity index is 2.01. The van der Waals surface area contributed by atoms with Crippen LogP contribution in [0.4, 0.5) is 5.82 Å². The summed E-state index contributed by atoms with van der Waals surface area (Å²) < 4.78 is 0. The molecule has 2 N–H and O–H groups in total. The maximum atomic E-state index is 11.7. The van der Waals surface area contributed by atoms with Crippen LogP contribution in [0.1, 0.15) is 5.56 Å². The maximum Gasteiger partial charge on any atom is 0.230 e. The van der Waals surface area contributed by atoms with Gasteiger partial charge in [0.1, 0.15) is 10.9 Å². The van der Waals surface area contributed by atoms with Crippen molar-refractivity contribution in [2.24, 2.45) is 0 Å². The van der Waals surface area contributed by atoms with Gasteiger partial charge in [-0.05, 0) is 6.07 Å². The van der Waals surface area contributed by atoms with Gasteiger partial charge in [0.15, 0.2) is 5.82 Å². The summed E-state index contributed by atoms with van der Waals surface area (Å²) in [7, 11) is 0. The van der Waals surface area contributed by atoms with Crippen molar-refractivity contribution in [1.82, 2.24) is 9.97 Å². The maximum absolute atomic E-state index is 11.7. The van der Waals surface area contributed by atoms with Crippen LogP contribution in [0.3, 0.4) is 0 Å². The summed E-state index contributed by atoms with van der Waals surface area (Å²) in [5.74, 6) is 0.128. The van der Waals surface area contributed by atoms with Crippen LogP contribution >= 0.6 is 11.6 Å². The van der Waals surface area contributed by atoms with Gasteiger partial charge in [-0.25, -0.2) is 9.97 Å². The quantitative estimate of drug-likeness (QED) is 0.888. The molecule has 18 heavy (non-hydrogen) atoms. The van der Waals surface area contributed by atoms with E-state index in [1.54, 1.807) is 18.2 Å². The zero-order chi connectivity index (χ0) is 13.0. The normalized spacial score (nSPS) is 10.1. The number of phenols is 1. The van der Waals surface area contributed by atoms with Crippen molar-refractivity contribution in [2.75, 3.05) is 5.32 Å². The zero-order valence-electron chi connectivity index (χ0n) is 9.30. The number of amides is 1. The van der Waals surface area contributed by atoms with Crippen molar-refractivity contribution < 1.29 is 9.90 Å². The fraction of sp³-hybridized carbons (Fsp3) is 0.0833. The summed E-state index contributed by atoms with van der Waals surface area (Å²) >= 11 is 5.58. The Hall–Kier alpha value is -2.14. The highest BCUT2D eigenvalue weighted by Gasteiger charge is 2.08. The minimum atomic E-state index is -0.284. The van der Waals surface area contributed by atoms with Crippen LogP contribution in [-0.2, 0) is 11.2 Å². The van der Waals surface area contributed by atoms with Gasteiger partial charge < -0.3 is 10.4 Å². The summed E-state index contributed by atoms with van der Waals surface area (Å²) in [5, 5.41) is 12.4. The van der Waals surface area contributed by atoms with Gasteiger partial charge in [0.05, 0.1) is 18.8 Å². The van der Waals surface area contributed by atoms with Gasteiger partial charge in [-0.2, -0.15) is 0 Å². The van der Waals surface area contributed by atoms with Crippen molar-refractivity contribution in [3.8, 4) is 5.75 Å². The van der Waals surface area contributed by atoms with Crippen LogP contribution in [-0.4, -0.2) is 21.0 Å². The molecule has 92 valence electrons. The number of nitrogens with zero attached hydrogens (tertiary/aromatic N) is 2. The molecular formula is C12H10ClN3O2. The van der Waals surface area contributed by atoms with Crippen LogP contribution in [0.25, 0.3) is 0 Å².